The highest BCUT2D eigenvalue weighted by atomic mass is 16.5. The predicted octanol–water partition coefficient (Wildman–Crippen LogP) is 2.88. The molecule has 0 saturated heterocycles. The van der Waals surface area contributed by atoms with Gasteiger partial charge in [-0.3, -0.25) is 4.79 Å². The summed E-state index contributed by atoms with van der Waals surface area (Å²) in [6.45, 7) is 0. The van der Waals surface area contributed by atoms with E-state index in [4.69, 9.17) is 9.15 Å². The number of hydrogen-bond donors (Lipinski definition) is 2. The van der Waals surface area contributed by atoms with Crippen molar-refractivity contribution in [3.05, 3.63) is 52.7 Å². The maximum Gasteiger partial charge on any atom is 0.202 e. The lowest BCUT2D eigenvalue weighted by Gasteiger charge is -2.09. The number of phenolic OH excluding ortho intramolecular Hbond substituents is 2. The molecule has 106 valence electrons. The first-order valence-corrected chi connectivity index (χ1v) is 6.24. The van der Waals surface area contributed by atoms with Crippen LogP contribution in [0.2, 0.25) is 0 Å². The Morgan fingerprint density at radius 1 is 1.10 bits per heavy atom. The maximum atomic E-state index is 12.3. The number of fused-ring (bicyclic) bond motifs is 1. The highest BCUT2D eigenvalue weighted by Gasteiger charge is 2.18. The molecule has 0 unspecified atom stereocenters. The third-order valence-corrected chi connectivity index (χ3v) is 3.20. The molecule has 0 bridgehead atoms. The Labute approximate surface area is 119 Å². The normalized spacial score (nSPS) is 10.7. The molecule has 0 spiro atoms. The molecule has 0 amide bonds. The van der Waals surface area contributed by atoms with Gasteiger partial charge >= 0.3 is 0 Å². The van der Waals surface area contributed by atoms with E-state index in [0.29, 0.717) is 11.3 Å². The van der Waals surface area contributed by atoms with Crippen LogP contribution in [-0.2, 0) is 0 Å². The van der Waals surface area contributed by atoms with Gasteiger partial charge in [0.2, 0.25) is 5.75 Å². The quantitative estimate of drug-likeness (QED) is 0.707. The van der Waals surface area contributed by atoms with Crippen molar-refractivity contribution in [2.45, 2.75) is 0 Å². The number of ether oxygens (including phenoxy) is 1. The molecule has 0 atom stereocenters. The number of aromatic hydroxyl groups is 2. The summed E-state index contributed by atoms with van der Waals surface area (Å²) < 4.78 is 10.7. The van der Waals surface area contributed by atoms with Crippen molar-refractivity contribution in [3.8, 4) is 28.6 Å². The van der Waals surface area contributed by atoms with Crippen LogP contribution in [0.25, 0.3) is 22.3 Å². The number of phenols is 2. The van der Waals surface area contributed by atoms with Crippen molar-refractivity contribution in [1.29, 1.82) is 0 Å². The second kappa shape index (κ2) is 4.86. The van der Waals surface area contributed by atoms with E-state index in [-0.39, 0.29) is 22.1 Å². The lowest BCUT2D eigenvalue weighted by molar-refractivity contribution is 0.386. The molecule has 0 aliphatic carbocycles. The minimum Gasteiger partial charge on any atom is -0.504 e. The highest BCUT2D eigenvalue weighted by Crippen LogP contribution is 2.39. The SMILES string of the molecule is COc1cc(O)c(O)c2oc(-c3ccccc3)cc(=O)c12. The molecule has 21 heavy (non-hydrogen) atoms. The minimum atomic E-state index is -0.485. The number of methoxy groups -OCH3 is 1. The molecule has 5 heteroatoms. The predicted molar refractivity (Wildman–Crippen MR) is 77.8 cm³/mol. The summed E-state index contributed by atoms with van der Waals surface area (Å²) in [6.07, 6.45) is 0. The van der Waals surface area contributed by atoms with Gasteiger partial charge in [-0.05, 0) is 0 Å². The molecule has 3 rings (SSSR count). The van der Waals surface area contributed by atoms with Crippen molar-refractivity contribution >= 4 is 11.0 Å². The Morgan fingerprint density at radius 2 is 1.81 bits per heavy atom. The molecule has 1 heterocycles. The van der Waals surface area contributed by atoms with Gasteiger partial charge in [-0.2, -0.15) is 0 Å². The van der Waals surface area contributed by atoms with E-state index in [1.807, 2.05) is 18.2 Å². The molecular formula is C16H12O5. The smallest absolute Gasteiger partial charge is 0.202 e. The van der Waals surface area contributed by atoms with Gasteiger partial charge in [-0.25, -0.2) is 0 Å². The van der Waals surface area contributed by atoms with Crippen LogP contribution in [0.3, 0.4) is 0 Å². The van der Waals surface area contributed by atoms with Crippen LogP contribution >= 0.6 is 0 Å². The largest absolute Gasteiger partial charge is 0.504 e. The second-order valence-corrected chi connectivity index (χ2v) is 4.49. The zero-order chi connectivity index (χ0) is 15.0. The van der Waals surface area contributed by atoms with E-state index in [1.54, 1.807) is 12.1 Å². The van der Waals surface area contributed by atoms with Gasteiger partial charge in [0.25, 0.3) is 0 Å². The average molecular weight is 284 g/mol. The van der Waals surface area contributed by atoms with Crippen molar-refractivity contribution in [3.63, 3.8) is 0 Å². The molecule has 0 saturated carbocycles. The summed E-state index contributed by atoms with van der Waals surface area (Å²) in [6, 6.07) is 11.5. The van der Waals surface area contributed by atoms with E-state index in [1.165, 1.54) is 19.2 Å². The third kappa shape index (κ3) is 2.08. The number of benzene rings is 2. The first-order valence-electron chi connectivity index (χ1n) is 6.24. The Kier molecular flexibility index (Phi) is 3.02. The van der Waals surface area contributed by atoms with Gasteiger partial charge in [-0.1, -0.05) is 30.3 Å². The van der Waals surface area contributed by atoms with E-state index in [0.717, 1.165) is 0 Å². The van der Waals surface area contributed by atoms with Gasteiger partial charge in [0, 0.05) is 17.7 Å². The first kappa shape index (κ1) is 13.1. The van der Waals surface area contributed by atoms with Gasteiger partial charge < -0.3 is 19.4 Å². The van der Waals surface area contributed by atoms with Crippen LogP contribution in [0.15, 0.2) is 51.7 Å². The molecule has 2 aromatic carbocycles. The number of rotatable bonds is 2. The summed E-state index contributed by atoms with van der Waals surface area (Å²) in [7, 11) is 1.37. The van der Waals surface area contributed by atoms with Gasteiger partial charge in [0.15, 0.2) is 16.8 Å². The fourth-order valence-electron chi connectivity index (χ4n) is 2.18. The zero-order valence-corrected chi connectivity index (χ0v) is 11.2. The zero-order valence-electron chi connectivity index (χ0n) is 11.2. The summed E-state index contributed by atoms with van der Waals surface area (Å²) in [5.74, 6) is -0.446. The van der Waals surface area contributed by atoms with E-state index in [9.17, 15) is 15.0 Å². The average Bonchev–Trinajstić information content (AvgIpc) is 2.51. The summed E-state index contributed by atoms with van der Waals surface area (Å²) >= 11 is 0. The van der Waals surface area contributed by atoms with E-state index >= 15 is 0 Å². The topological polar surface area (TPSA) is 79.9 Å². The lowest BCUT2D eigenvalue weighted by atomic mass is 10.1. The van der Waals surface area contributed by atoms with E-state index in [2.05, 4.69) is 0 Å². The number of hydrogen-bond acceptors (Lipinski definition) is 5. The van der Waals surface area contributed by atoms with Crippen LogP contribution in [0.1, 0.15) is 0 Å². The van der Waals surface area contributed by atoms with Crippen molar-refractivity contribution in [2.24, 2.45) is 0 Å². The van der Waals surface area contributed by atoms with Crippen molar-refractivity contribution in [2.75, 3.05) is 7.11 Å². The highest BCUT2D eigenvalue weighted by molar-refractivity contribution is 5.91. The van der Waals surface area contributed by atoms with Crippen LogP contribution in [0.5, 0.6) is 17.2 Å². The van der Waals surface area contributed by atoms with Crippen molar-refractivity contribution in [1.82, 2.24) is 0 Å². The molecule has 0 aliphatic rings. The molecule has 5 nitrogen and oxygen atoms in total. The summed E-state index contributed by atoms with van der Waals surface area (Å²) in [4.78, 5) is 12.3. The van der Waals surface area contributed by atoms with Crippen LogP contribution in [0, 0.1) is 0 Å². The fourth-order valence-corrected chi connectivity index (χ4v) is 2.18. The first-order chi connectivity index (χ1) is 10.1. The lowest BCUT2D eigenvalue weighted by Crippen LogP contribution is -2.03. The molecule has 2 N–H and O–H groups in total. The molecule has 0 fully saturated rings. The van der Waals surface area contributed by atoms with Gasteiger partial charge in [-0.15, -0.1) is 0 Å². The monoisotopic (exact) mass is 284 g/mol. The van der Waals surface area contributed by atoms with Crippen LogP contribution in [0.4, 0.5) is 0 Å². The fraction of sp³-hybridized carbons (Fsp3) is 0.0625. The molecule has 0 aliphatic heterocycles. The third-order valence-electron chi connectivity index (χ3n) is 3.20. The van der Waals surface area contributed by atoms with Gasteiger partial charge in [0.05, 0.1) is 7.11 Å². The molecule has 1 aromatic heterocycles. The van der Waals surface area contributed by atoms with E-state index < -0.39 is 11.5 Å². The Bertz CT molecular complexity index is 865. The Balaban J connectivity index is 2.39. The molecular weight excluding hydrogens is 272 g/mol. The van der Waals surface area contributed by atoms with Crippen molar-refractivity contribution < 1.29 is 19.4 Å². The van der Waals surface area contributed by atoms with Crippen LogP contribution in [-0.4, -0.2) is 17.3 Å². The summed E-state index contributed by atoms with van der Waals surface area (Å²) in [5, 5.41) is 19.7. The molecule has 0 radical (unpaired) electrons. The standard InChI is InChI=1S/C16H12O5/c1-20-13-8-11(18)15(19)16-14(13)10(17)7-12(21-16)9-5-3-2-4-6-9/h2-8,18-19H,1H3. The second-order valence-electron chi connectivity index (χ2n) is 4.49. The Hall–Kier alpha value is -2.95. The Morgan fingerprint density at radius 3 is 2.48 bits per heavy atom. The molecule has 3 aromatic rings. The minimum absolute atomic E-state index is 0.0903. The van der Waals surface area contributed by atoms with Gasteiger partial charge in [0.1, 0.15) is 16.9 Å². The summed E-state index contributed by atoms with van der Waals surface area (Å²) in [5.41, 5.74) is 0.235. The van der Waals surface area contributed by atoms with Crippen LogP contribution < -0.4 is 10.2 Å². The maximum absolute atomic E-state index is 12.3.